The summed E-state index contributed by atoms with van der Waals surface area (Å²) >= 11 is 11.8. The fourth-order valence-electron chi connectivity index (χ4n) is 1.90. The molecular weight excluding hydrogens is 339 g/mol. The summed E-state index contributed by atoms with van der Waals surface area (Å²) in [6.07, 6.45) is -0.828. The number of hydrogen-bond acceptors (Lipinski definition) is 3. The van der Waals surface area contributed by atoms with Gasteiger partial charge in [0.1, 0.15) is 5.75 Å². The minimum atomic E-state index is -0.828. The van der Waals surface area contributed by atoms with Crippen LogP contribution in [0.15, 0.2) is 42.5 Å². The van der Waals surface area contributed by atoms with E-state index in [1.54, 1.807) is 43.3 Å². The van der Waals surface area contributed by atoms with Crippen molar-refractivity contribution in [3.63, 3.8) is 0 Å². The third-order valence-electron chi connectivity index (χ3n) is 2.97. The van der Waals surface area contributed by atoms with E-state index in [-0.39, 0.29) is 5.56 Å². The van der Waals surface area contributed by atoms with Gasteiger partial charge in [0.25, 0.3) is 11.8 Å². The zero-order chi connectivity index (χ0) is 17.0. The highest BCUT2D eigenvalue weighted by molar-refractivity contribution is 6.34. The number of primary amides is 1. The number of benzene rings is 2. The molecule has 2 aromatic carbocycles. The lowest BCUT2D eigenvalue weighted by Crippen LogP contribution is -2.31. The van der Waals surface area contributed by atoms with Crippen LogP contribution in [0.4, 0.5) is 5.69 Å². The molecule has 2 aromatic rings. The molecule has 0 heterocycles. The van der Waals surface area contributed by atoms with Crippen molar-refractivity contribution in [2.24, 2.45) is 5.73 Å². The van der Waals surface area contributed by atoms with Gasteiger partial charge >= 0.3 is 0 Å². The molecule has 0 fully saturated rings. The first-order valence-corrected chi connectivity index (χ1v) is 7.45. The summed E-state index contributed by atoms with van der Waals surface area (Å²) in [4.78, 5) is 23.6. The van der Waals surface area contributed by atoms with Crippen LogP contribution < -0.4 is 15.8 Å². The first kappa shape index (κ1) is 17.1. The molecule has 1 atom stereocenters. The Hall–Kier alpha value is -2.24. The number of rotatable bonds is 5. The van der Waals surface area contributed by atoms with Crippen LogP contribution in [0.1, 0.15) is 17.3 Å². The van der Waals surface area contributed by atoms with Crippen LogP contribution in [0.25, 0.3) is 0 Å². The Balaban J connectivity index is 2.10. The standard InChI is InChI=1S/C16H14Cl2N2O3/c1-9(23-12-7-10(17)6-11(18)8-12)16(22)20-14-5-3-2-4-13(14)15(19)21/h2-9H,1H3,(H2,19,21)(H,20,22). The number of para-hydroxylation sites is 1. The lowest BCUT2D eigenvalue weighted by atomic mass is 10.1. The number of nitrogens with one attached hydrogen (secondary N) is 1. The maximum absolute atomic E-state index is 12.2. The van der Waals surface area contributed by atoms with Crippen LogP contribution in [-0.2, 0) is 4.79 Å². The zero-order valence-corrected chi connectivity index (χ0v) is 13.7. The molecule has 1 unspecified atom stereocenters. The summed E-state index contributed by atoms with van der Waals surface area (Å²) in [6.45, 7) is 1.57. The number of nitrogens with two attached hydrogens (primary N) is 1. The Labute approximate surface area is 143 Å². The van der Waals surface area contributed by atoms with Crippen LogP contribution in [-0.4, -0.2) is 17.9 Å². The van der Waals surface area contributed by atoms with Gasteiger partial charge in [-0.15, -0.1) is 0 Å². The Morgan fingerprint density at radius 2 is 1.74 bits per heavy atom. The van der Waals surface area contributed by atoms with Crippen molar-refractivity contribution in [2.45, 2.75) is 13.0 Å². The maximum Gasteiger partial charge on any atom is 0.265 e. The summed E-state index contributed by atoms with van der Waals surface area (Å²) in [5, 5.41) is 3.41. The van der Waals surface area contributed by atoms with Crippen LogP contribution in [0, 0.1) is 0 Å². The van der Waals surface area contributed by atoms with Crippen LogP contribution >= 0.6 is 23.2 Å². The zero-order valence-electron chi connectivity index (χ0n) is 12.2. The normalized spacial score (nSPS) is 11.6. The molecule has 0 aliphatic heterocycles. The molecule has 7 heteroatoms. The molecule has 0 saturated carbocycles. The quantitative estimate of drug-likeness (QED) is 0.863. The molecule has 0 saturated heterocycles. The highest BCUT2D eigenvalue weighted by Gasteiger charge is 2.18. The molecule has 0 aliphatic carbocycles. The van der Waals surface area contributed by atoms with Gasteiger partial charge in [-0.1, -0.05) is 35.3 Å². The highest BCUT2D eigenvalue weighted by Crippen LogP contribution is 2.25. The molecule has 120 valence electrons. The van der Waals surface area contributed by atoms with E-state index in [1.807, 2.05) is 0 Å². The molecule has 2 rings (SSSR count). The average molecular weight is 353 g/mol. The van der Waals surface area contributed by atoms with E-state index >= 15 is 0 Å². The molecule has 0 bridgehead atoms. The third kappa shape index (κ3) is 4.61. The molecule has 5 nitrogen and oxygen atoms in total. The second-order valence-electron chi connectivity index (χ2n) is 4.76. The molecule has 0 radical (unpaired) electrons. The van der Waals surface area contributed by atoms with Crippen molar-refractivity contribution < 1.29 is 14.3 Å². The minimum absolute atomic E-state index is 0.221. The maximum atomic E-state index is 12.2. The summed E-state index contributed by atoms with van der Waals surface area (Å²) in [5.41, 5.74) is 5.82. The van der Waals surface area contributed by atoms with Crippen molar-refractivity contribution in [2.75, 3.05) is 5.32 Å². The van der Waals surface area contributed by atoms with Crippen molar-refractivity contribution in [1.29, 1.82) is 0 Å². The molecule has 3 N–H and O–H groups in total. The minimum Gasteiger partial charge on any atom is -0.481 e. The Morgan fingerprint density at radius 1 is 1.13 bits per heavy atom. The second kappa shape index (κ2) is 7.35. The van der Waals surface area contributed by atoms with E-state index in [9.17, 15) is 9.59 Å². The van der Waals surface area contributed by atoms with Gasteiger partial charge in [0, 0.05) is 10.0 Å². The van der Waals surface area contributed by atoms with E-state index in [0.717, 1.165) is 0 Å². The Morgan fingerprint density at radius 3 is 2.35 bits per heavy atom. The van der Waals surface area contributed by atoms with E-state index in [0.29, 0.717) is 21.5 Å². The topological polar surface area (TPSA) is 81.4 Å². The Bertz CT molecular complexity index is 730. The lowest BCUT2D eigenvalue weighted by molar-refractivity contribution is -0.122. The number of carbonyl (C=O) groups excluding carboxylic acids is 2. The monoisotopic (exact) mass is 352 g/mol. The van der Waals surface area contributed by atoms with E-state index < -0.39 is 17.9 Å². The van der Waals surface area contributed by atoms with Gasteiger partial charge in [0.05, 0.1) is 11.3 Å². The fourth-order valence-corrected chi connectivity index (χ4v) is 2.40. The number of ether oxygens (including phenoxy) is 1. The summed E-state index contributed by atoms with van der Waals surface area (Å²) < 4.78 is 5.51. The number of hydrogen-bond donors (Lipinski definition) is 2. The highest BCUT2D eigenvalue weighted by atomic mass is 35.5. The van der Waals surface area contributed by atoms with Crippen molar-refractivity contribution >= 4 is 40.7 Å². The number of anilines is 1. The number of carbonyl (C=O) groups is 2. The predicted octanol–water partition coefficient (Wildman–Crippen LogP) is 3.50. The smallest absolute Gasteiger partial charge is 0.265 e. The van der Waals surface area contributed by atoms with E-state index in [2.05, 4.69) is 5.32 Å². The molecule has 0 aromatic heterocycles. The fraction of sp³-hybridized carbons (Fsp3) is 0.125. The summed E-state index contributed by atoms with van der Waals surface area (Å²) in [7, 11) is 0. The number of halogens is 2. The molecular formula is C16H14Cl2N2O3. The van der Waals surface area contributed by atoms with Gasteiger partial charge in [0.15, 0.2) is 6.10 Å². The van der Waals surface area contributed by atoms with Crippen molar-refractivity contribution in [3.8, 4) is 5.75 Å². The van der Waals surface area contributed by atoms with E-state index in [1.165, 1.54) is 6.07 Å². The van der Waals surface area contributed by atoms with Gasteiger partial charge in [-0.05, 0) is 37.3 Å². The van der Waals surface area contributed by atoms with Crippen molar-refractivity contribution in [3.05, 3.63) is 58.1 Å². The lowest BCUT2D eigenvalue weighted by Gasteiger charge is -2.16. The third-order valence-corrected chi connectivity index (χ3v) is 3.40. The average Bonchev–Trinajstić information content (AvgIpc) is 2.46. The molecule has 0 aliphatic rings. The summed E-state index contributed by atoms with van der Waals surface area (Å²) in [6, 6.07) is 11.1. The molecule has 2 amide bonds. The Kier molecular flexibility index (Phi) is 5.47. The van der Waals surface area contributed by atoms with Crippen LogP contribution in [0.5, 0.6) is 5.75 Å². The second-order valence-corrected chi connectivity index (χ2v) is 5.64. The van der Waals surface area contributed by atoms with Gasteiger partial charge in [-0.25, -0.2) is 0 Å². The van der Waals surface area contributed by atoms with Gasteiger partial charge in [0.2, 0.25) is 0 Å². The first-order chi connectivity index (χ1) is 10.9. The van der Waals surface area contributed by atoms with Gasteiger partial charge in [-0.3, -0.25) is 9.59 Å². The van der Waals surface area contributed by atoms with Crippen LogP contribution in [0.2, 0.25) is 10.0 Å². The molecule has 23 heavy (non-hydrogen) atoms. The molecule has 0 spiro atoms. The van der Waals surface area contributed by atoms with Gasteiger partial charge < -0.3 is 15.8 Å². The van der Waals surface area contributed by atoms with Gasteiger partial charge in [-0.2, -0.15) is 0 Å². The predicted molar refractivity (Wildman–Crippen MR) is 90.1 cm³/mol. The SMILES string of the molecule is CC(Oc1cc(Cl)cc(Cl)c1)C(=O)Nc1ccccc1C(N)=O. The van der Waals surface area contributed by atoms with Crippen molar-refractivity contribution in [1.82, 2.24) is 0 Å². The largest absolute Gasteiger partial charge is 0.481 e. The number of amides is 2. The summed E-state index contributed by atoms with van der Waals surface area (Å²) in [5.74, 6) is -0.695. The first-order valence-electron chi connectivity index (χ1n) is 6.69. The van der Waals surface area contributed by atoms with Crippen LogP contribution in [0.3, 0.4) is 0 Å². The van der Waals surface area contributed by atoms with E-state index in [4.69, 9.17) is 33.7 Å².